The van der Waals surface area contributed by atoms with Gasteiger partial charge in [0.25, 0.3) is 11.8 Å². The molecule has 0 unspecified atom stereocenters. The molecule has 6 nitrogen and oxygen atoms in total. The summed E-state index contributed by atoms with van der Waals surface area (Å²) in [6.07, 6.45) is 0.814. The van der Waals surface area contributed by atoms with Crippen LogP contribution >= 0.6 is 0 Å². The molecule has 0 radical (unpaired) electrons. The number of aromatic hydroxyl groups is 2. The molecule has 1 aromatic heterocycles. The van der Waals surface area contributed by atoms with Crippen molar-refractivity contribution in [3.8, 4) is 23.0 Å². The van der Waals surface area contributed by atoms with Gasteiger partial charge in [0, 0.05) is 12.1 Å². The zero-order valence-electron chi connectivity index (χ0n) is 13.5. The van der Waals surface area contributed by atoms with Crippen LogP contribution in [-0.2, 0) is 0 Å². The van der Waals surface area contributed by atoms with E-state index in [2.05, 4.69) is 29.1 Å². The van der Waals surface area contributed by atoms with Crippen molar-refractivity contribution in [2.45, 2.75) is 27.2 Å². The van der Waals surface area contributed by atoms with Crippen molar-refractivity contribution < 1.29 is 15.0 Å². The summed E-state index contributed by atoms with van der Waals surface area (Å²) in [7, 11) is 0. The molecule has 0 aliphatic rings. The fourth-order valence-electron chi connectivity index (χ4n) is 2.07. The first-order valence-electron chi connectivity index (χ1n) is 7.53. The van der Waals surface area contributed by atoms with Crippen LogP contribution in [-0.4, -0.2) is 32.6 Å². The van der Waals surface area contributed by atoms with E-state index in [0.29, 0.717) is 18.0 Å². The largest absolute Gasteiger partial charge is 0.501 e. The highest BCUT2D eigenvalue weighted by molar-refractivity contribution is 5.95. The number of carbonyl (C=O) groups excluding carboxylic acids is 1. The molecule has 2 aromatic rings. The van der Waals surface area contributed by atoms with Gasteiger partial charge in [-0.05, 0) is 25.3 Å². The van der Waals surface area contributed by atoms with E-state index in [1.807, 2.05) is 25.1 Å². The van der Waals surface area contributed by atoms with Crippen LogP contribution in [0.3, 0.4) is 0 Å². The molecule has 1 heterocycles. The Hall–Kier alpha value is -2.63. The molecule has 1 amide bonds. The summed E-state index contributed by atoms with van der Waals surface area (Å²) in [5, 5.41) is 22.3. The van der Waals surface area contributed by atoms with Gasteiger partial charge in [0.1, 0.15) is 0 Å². The minimum Gasteiger partial charge on any atom is -0.501 e. The van der Waals surface area contributed by atoms with E-state index in [1.54, 1.807) is 6.07 Å². The summed E-state index contributed by atoms with van der Waals surface area (Å²) in [5.74, 6) is -1.10. The van der Waals surface area contributed by atoms with Gasteiger partial charge in [-0.15, -0.1) is 0 Å². The van der Waals surface area contributed by atoms with Gasteiger partial charge in [0.05, 0.1) is 0 Å². The zero-order valence-corrected chi connectivity index (χ0v) is 13.5. The van der Waals surface area contributed by atoms with Crippen LogP contribution in [0, 0.1) is 12.8 Å². The van der Waals surface area contributed by atoms with Crippen molar-refractivity contribution in [3.63, 3.8) is 0 Å². The highest BCUT2D eigenvalue weighted by Crippen LogP contribution is 2.28. The Balaban J connectivity index is 2.31. The van der Waals surface area contributed by atoms with Crippen LogP contribution in [0.4, 0.5) is 0 Å². The van der Waals surface area contributed by atoms with E-state index in [0.717, 1.165) is 12.0 Å². The maximum atomic E-state index is 12.2. The quantitative estimate of drug-likeness (QED) is 0.788. The molecule has 0 spiro atoms. The number of aromatic nitrogens is 2. The first kappa shape index (κ1) is 16.7. The van der Waals surface area contributed by atoms with Gasteiger partial charge in [-0.25, -0.2) is 4.98 Å². The molecule has 0 bridgehead atoms. The van der Waals surface area contributed by atoms with Gasteiger partial charge in [-0.3, -0.25) is 4.79 Å². The average molecular weight is 315 g/mol. The molecular formula is C17H21N3O3. The van der Waals surface area contributed by atoms with Crippen molar-refractivity contribution in [2.75, 3.05) is 6.54 Å². The maximum Gasteiger partial charge on any atom is 0.274 e. The summed E-state index contributed by atoms with van der Waals surface area (Å²) in [5.41, 5.74) is 1.44. The molecule has 0 saturated heterocycles. The van der Waals surface area contributed by atoms with Gasteiger partial charge in [0.2, 0.25) is 5.75 Å². The third kappa shape index (κ3) is 4.18. The Morgan fingerprint density at radius 2 is 2.00 bits per heavy atom. The lowest BCUT2D eigenvalue weighted by molar-refractivity contribution is 0.0943. The molecule has 0 atom stereocenters. The Morgan fingerprint density at radius 3 is 2.65 bits per heavy atom. The number of rotatable bonds is 5. The SMILES string of the molecule is Cc1cccc(-c2nc(O)c(O)c(C(=O)NCCC(C)C)n2)c1. The number of hydrogen-bond acceptors (Lipinski definition) is 5. The summed E-state index contributed by atoms with van der Waals surface area (Å²) < 4.78 is 0. The van der Waals surface area contributed by atoms with Crippen LogP contribution in [0.2, 0.25) is 0 Å². The molecule has 2 rings (SSSR count). The molecule has 1 aromatic carbocycles. The summed E-state index contributed by atoms with van der Waals surface area (Å²) in [6.45, 7) is 6.50. The lowest BCUT2D eigenvalue weighted by Gasteiger charge is -2.10. The predicted octanol–water partition coefficient (Wildman–Crippen LogP) is 2.64. The van der Waals surface area contributed by atoms with E-state index >= 15 is 0 Å². The number of nitrogens with zero attached hydrogens (tertiary/aromatic N) is 2. The lowest BCUT2D eigenvalue weighted by atomic mass is 10.1. The second-order valence-corrected chi connectivity index (χ2v) is 5.88. The van der Waals surface area contributed by atoms with Crippen molar-refractivity contribution in [1.29, 1.82) is 0 Å². The number of carbonyl (C=O) groups is 1. The Labute approximate surface area is 135 Å². The molecule has 0 aliphatic heterocycles. The summed E-state index contributed by atoms with van der Waals surface area (Å²) in [4.78, 5) is 20.1. The molecule has 0 saturated carbocycles. The van der Waals surface area contributed by atoms with Gasteiger partial charge in [0.15, 0.2) is 11.5 Å². The molecule has 122 valence electrons. The molecule has 3 N–H and O–H groups in total. The second kappa shape index (κ2) is 7.09. The van der Waals surface area contributed by atoms with Crippen molar-refractivity contribution in [2.24, 2.45) is 5.92 Å². The number of nitrogens with one attached hydrogen (secondary N) is 1. The summed E-state index contributed by atoms with van der Waals surface area (Å²) in [6, 6.07) is 7.37. The first-order chi connectivity index (χ1) is 10.9. The minimum absolute atomic E-state index is 0.193. The molecular weight excluding hydrogens is 294 g/mol. The van der Waals surface area contributed by atoms with Crippen LogP contribution in [0.15, 0.2) is 24.3 Å². The van der Waals surface area contributed by atoms with Gasteiger partial charge >= 0.3 is 0 Å². The third-order valence-electron chi connectivity index (χ3n) is 3.36. The normalized spacial score (nSPS) is 10.8. The van der Waals surface area contributed by atoms with E-state index in [4.69, 9.17) is 0 Å². The fourth-order valence-corrected chi connectivity index (χ4v) is 2.07. The number of benzene rings is 1. The molecule has 23 heavy (non-hydrogen) atoms. The molecule has 6 heteroatoms. The highest BCUT2D eigenvalue weighted by Gasteiger charge is 2.20. The third-order valence-corrected chi connectivity index (χ3v) is 3.36. The van der Waals surface area contributed by atoms with Crippen LogP contribution in [0.5, 0.6) is 11.6 Å². The zero-order chi connectivity index (χ0) is 17.0. The van der Waals surface area contributed by atoms with Crippen LogP contribution in [0.25, 0.3) is 11.4 Å². The maximum absolute atomic E-state index is 12.2. The van der Waals surface area contributed by atoms with E-state index in [9.17, 15) is 15.0 Å². The Bertz CT molecular complexity index is 714. The smallest absolute Gasteiger partial charge is 0.274 e. The number of amides is 1. The average Bonchev–Trinajstić information content (AvgIpc) is 2.49. The van der Waals surface area contributed by atoms with Crippen LogP contribution < -0.4 is 5.32 Å². The highest BCUT2D eigenvalue weighted by atomic mass is 16.3. The van der Waals surface area contributed by atoms with Crippen molar-refractivity contribution >= 4 is 5.91 Å². The lowest BCUT2D eigenvalue weighted by Crippen LogP contribution is -2.26. The van der Waals surface area contributed by atoms with E-state index in [-0.39, 0.29) is 11.5 Å². The Morgan fingerprint density at radius 1 is 1.26 bits per heavy atom. The summed E-state index contributed by atoms with van der Waals surface area (Å²) >= 11 is 0. The minimum atomic E-state index is -0.608. The Kier molecular flexibility index (Phi) is 5.16. The van der Waals surface area contributed by atoms with E-state index in [1.165, 1.54) is 0 Å². The molecule has 0 aliphatic carbocycles. The van der Waals surface area contributed by atoms with Crippen molar-refractivity contribution in [3.05, 3.63) is 35.5 Å². The predicted molar refractivity (Wildman–Crippen MR) is 87.3 cm³/mol. The number of hydrogen-bond donors (Lipinski definition) is 3. The van der Waals surface area contributed by atoms with Gasteiger partial charge in [-0.2, -0.15) is 4.98 Å². The second-order valence-electron chi connectivity index (χ2n) is 5.88. The topological polar surface area (TPSA) is 95.3 Å². The van der Waals surface area contributed by atoms with Gasteiger partial charge in [-0.1, -0.05) is 37.6 Å². The molecule has 0 fully saturated rings. The number of aryl methyl sites for hydroxylation is 1. The standard InChI is InChI=1S/C17H21N3O3/c1-10(2)7-8-18-16(22)13-14(21)17(23)20-15(19-13)12-6-4-5-11(3)9-12/h4-6,9-10,21H,7-8H2,1-3H3,(H,18,22)(H,19,20,23). The van der Waals surface area contributed by atoms with Crippen LogP contribution in [0.1, 0.15) is 36.3 Å². The van der Waals surface area contributed by atoms with Crippen molar-refractivity contribution in [1.82, 2.24) is 15.3 Å². The van der Waals surface area contributed by atoms with Gasteiger partial charge < -0.3 is 15.5 Å². The van der Waals surface area contributed by atoms with E-state index < -0.39 is 17.5 Å². The first-order valence-corrected chi connectivity index (χ1v) is 7.53. The fraction of sp³-hybridized carbons (Fsp3) is 0.353. The monoisotopic (exact) mass is 315 g/mol.